The first-order valence-corrected chi connectivity index (χ1v) is 7.40. The van der Waals surface area contributed by atoms with Crippen molar-refractivity contribution in [3.05, 3.63) is 64.1 Å². The Hall–Kier alpha value is -2.12. The number of ketones is 1. The highest BCUT2D eigenvalue weighted by molar-refractivity contribution is 9.10. The highest BCUT2D eigenvalue weighted by Crippen LogP contribution is 2.22. The van der Waals surface area contributed by atoms with Crippen LogP contribution in [0.2, 0.25) is 0 Å². The summed E-state index contributed by atoms with van der Waals surface area (Å²) in [4.78, 5) is 11.9. The number of rotatable bonds is 6. The molecule has 0 aliphatic heterocycles. The topological polar surface area (TPSA) is 50.1 Å². The minimum absolute atomic E-state index is 0.107. The van der Waals surface area contributed by atoms with Crippen LogP contribution in [-0.4, -0.2) is 12.4 Å². The number of hydrogen-bond donors (Lipinski definition) is 0. The highest BCUT2D eigenvalue weighted by atomic mass is 79.9. The standard InChI is InChI=1S/C17H14BrNO2/c18-15-8-9-17(14(11-15)12-19)21-10-4-7-16(20)13-5-2-1-3-6-13/h1-3,5-6,8-9,11H,4,7,10H2. The van der Waals surface area contributed by atoms with Crippen molar-refractivity contribution >= 4 is 21.7 Å². The number of hydrogen-bond acceptors (Lipinski definition) is 3. The van der Waals surface area contributed by atoms with Crippen LogP contribution in [0.4, 0.5) is 0 Å². The molecule has 2 aromatic rings. The number of nitrogens with zero attached hydrogens (tertiary/aromatic N) is 1. The van der Waals surface area contributed by atoms with E-state index in [1.807, 2.05) is 36.4 Å². The number of benzene rings is 2. The van der Waals surface area contributed by atoms with Gasteiger partial charge in [0.1, 0.15) is 11.8 Å². The third kappa shape index (κ3) is 4.44. The Bertz CT molecular complexity index is 662. The van der Waals surface area contributed by atoms with Gasteiger partial charge in [0.15, 0.2) is 5.78 Å². The molecule has 21 heavy (non-hydrogen) atoms. The quantitative estimate of drug-likeness (QED) is 0.578. The third-order valence-corrected chi connectivity index (χ3v) is 3.46. The van der Waals surface area contributed by atoms with E-state index in [-0.39, 0.29) is 5.78 Å². The van der Waals surface area contributed by atoms with Gasteiger partial charge in [-0.25, -0.2) is 0 Å². The molecular weight excluding hydrogens is 330 g/mol. The van der Waals surface area contributed by atoms with E-state index in [2.05, 4.69) is 22.0 Å². The second kappa shape index (κ2) is 7.61. The van der Waals surface area contributed by atoms with Crippen molar-refractivity contribution in [1.29, 1.82) is 5.26 Å². The van der Waals surface area contributed by atoms with E-state index in [4.69, 9.17) is 10.00 Å². The number of carbonyl (C=O) groups excluding carboxylic acids is 1. The molecule has 0 unspecified atom stereocenters. The van der Waals surface area contributed by atoms with Crippen LogP contribution in [0.3, 0.4) is 0 Å². The minimum atomic E-state index is 0.107. The normalized spacial score (nSPS) is 9.90. The predicted octanol–water partition coefficient (Wildman–Crippen LogP) is 4.36. The summed E-state index contributed by atoms with van der Waals surface area (Å²) in [5.74, 6) is 0.656. The van der Waals surface area contributed by atoms with Gasteiger partial charge in [-0.3, -0.25) is 4.79 Å². The number of carbonyl (C=O) groups is 1. The number of nitriles is 1. The summed E-state index contributed by atoms with van der Waals surface area (Å²) < 4.78 is 6.41. The van der Waals surface area contributed by atoms with Gasteiger partial charge in [0.25, 0.3) is 0 Å². The van der Waals surface area contributed by atoms with Crippen molar-refractivity contribution in [1.82, 2.24) is 0 Å². The zero-order chi connectivity index (χ0) is 15.1. The summed E-state index contributed by atoms with van der Waals surface area (Å²) in [5.41, 5.74) is 1.21. The Labute approximate surface area is 132 Å². The maximum atomic E-state index is 11.9. The van der Waals surface area contributed by atoms with Crippen molar-refractivity contribution in [2.75, 3.05) is 6.61 Å². The van der Waals surface area contributed by atoms with Gasteiger partial charge >= 0.3 is 0 Å². The molecule has 0 heterocycles. The van der Waals surface area contributed by atoms with Gasteiger partial charge < -0.3 is 4.74 Å². The second-order valence-electron chi connectivity index (χ2n) is 4.49. The van der Waals surface area contributed by atoms with E-state index in [0.717, 1.165) is 10.0 Å². The third-order valence-electron chi connectivity index (χ3n) is 2.96. The van der Waals surface area contributed by atoms with E-state index in [9.17, 15) is 4.79 Å². The summed E-state index contributed by atoms with van der Waals surface area (Å²) in [6.07, 6.45) is 1.05. The predicted molar refractivity (Wildman–Crippen MR) is 84.4 cm³/mol. The van der Waals surface area contributed by atoms with Crippen LogP contribution >= 0.6 is 15.9 Å². The van der Waals surface area contributed by atoms with E-state index >= 15 is 0 Å². The first-order chi connectivity index (χ1) is 10.2. The molecule has 0 radical (unpaired) electrons. The molecule has 0 bridgehead atoms. The molecule has 4 heteroatoms. The zero-order valence-electron chi connectivity index (χ0n) is 11.4. The molecule has 2 rings (SSSR count). The zero-order valence-corrected chi connectivity index (χ0v) is 13.0. The molecule has 0 aliphatic carbocycles. The lowest BCUT2D eigenvalue weighted by Gasteiger charge is -2.08. The SMILES string of the molecule is N#Cc1cc(Br)ccc1OCCCC(=O)c1ccccc1. The van der Waals surface area contributed by atoms with Crippen molar-refractivity contribution in [3.8, 4) is 11.8 Å². The first kappa shape index (κ1) is 15.3. The molecule has 0 aliphatic rings. The van der Waals surface area contributed by atoms with Crippen molar-refractivity contribution < 1.29 is 9.53 Å². The summed E-state index contributed by atoms with van der Waals surface area (Å²) in [5, 5.41) is 9.03. The number of ether oxygens (including phenoxy) is 1. The Morgan fingerprint density at radius 1 is 1.19 bits per heavy atom. The molecule has 0 aromatic heterocycles. The Morgan fingerprint density at radius 2 is 1.95 bits per heavy atom. The molecule has 0 amide bonds. The van der Waals surface area contributed by atoms with Crippen molar-refractivity contribution in [3.63, 3.8) is 0 Å². The molecule has 3 nitrogen and oxygen atoms in total. The van der Waals surface area contributed by atoms with E-state index < -0.39 is 0 Å². The molecule has 2 aromatic carbocycles. The lowest BCUT2D eigenvalue weighted by atomic mass is 10.1. The van der Waals surface area contributed by atoms with Crippen LogP contribution in [0.5, 0.6) is 5.75 Å². The Balaban J connectivity index is 1.83. The van der Waals surface area contributed by atoms with Gasteiger partial charge in [-0.05, 0) is 24.6 Å². The van der Waals surface area contributed by atoms with Gasteiger partial charge in [-0.2, -0.15) is 5.26 Å². The summed E-state index contributed by atoms with van der Waals surface area (Å²) in [6.45, 7) is 0.412. The molecule has 106 valence electrons. The Morgan fingerprint density at radius 3 is 2.67 bits per heavy atom. The van der Waals surface area contributed by atoms with Gasteiger partial charge in [0.2, 0.25) is 0 Å². The van der Waals surface area contributed by atoms with Crippen molar-refractivity contribution in [2.45, 2.75) is 12.8 Å². The average Bonchev–Trinajstić information content (AvgIpc) is 2.53. The first-order valence-electron chi connectivity index (χ1n) is 6.61. The molecule has 0 spiro atoms. The molecule has 0 saturated heterocycles. The minimum Gasteiger partial charge on any atom is -0.492 e. The smallest absolute Gasteiger partial charge is 0.163 e. The van der Waals surface area contributed by atoms with Crippen LogP contribution in [0, 0.1) is 11.3 Å². The highest BCUT2D eigenvalue weighted by Gasteiger charge is 2.06. The van der Waals surface area contributed by atoms with Crippen LogP contribution in [-0.2, 0) is 0 Å². The van der Waals surface area contributed by atoms with E-state index in [1.165, 1.54) is 0 Å². The fourth-order valence-corrected chi connectivity index (χ4v) is 2.26. The number of halogens is 1. The van der Waals surface area contributed by atoms with Crippen LogP contribution in [0.1, 0.15) is 28.8 Å². The summed E-state index contributed by atoms with van der Waals surface area (Å²) in [6, 6.07) is 16.6. The largest absolute Gasteiger partial charge is 0.492 e. The fourth-order valence-electron chi connectivity index (χ4n) is 1.90. The lowest BCUT2D eigenvalue weighted by molar-refractivity contribution is 0.0973. The molecule has 0 N–H and O–H groups in total. The van der Waals surface area contributed by atoms with Gasteiger partial charge in [0, 0.05) is 16.5 Å². The van der Waals surface area contributed by atoms with Crippen LogP contribution < -0.4 is 4.74 Å². The van der Waals surface area contributed by atoms with E-state index in [1.54, 1.807) is 12.1 Å². The molecular formula is C17H14BrNO2. The van der Waals surface area contributed by atoms with Gasteiger partial charge in [0.05, 0.1) is 12.2 Å². The lowest BCUT2D eigenvalue weighted by Crippen LogP contribution is -2.04. The maximum Gasteiger partial charge on any atom is 0.163 e. The molecule has 0 fully saturated rings. The molecule has 0 saturated carbocycles. The van der Waals surface area contributed by atoms with Gasteiger partial charge in [-0.15, -0.1) is 0 Å². The van der Waals surface area contributed by atoms with Crippen molar-refractivity contribution in [2.24, 2.45) is 0 Å². The monoisotopic (exact) mass is 343 g/mol. The summed E-state index contributed by atoms with van der Waals surface area (Å²) in [7, 11) is 0. The fraction of sp³-hybridized carbons (Fsp3) is 0.176. The Kier molecular flexibility index (Phi) is 5.53. The van der Waals surface area contributed by atoms with Crippen LogP contribution in [0.15, 0.2) is 53.0 Å². The average molecular weight is 344 g/mol. The van der Waals surface area contributed by atoms with E-state index in [0.29, 0.717) is 30.8 Å². The second-order valence-corrected chi connectivity index (χ2v) is 5.41. The van der Waals surface area contributed by atoms with Gasteiger partial charge in [-0.1, -0.05) is 46.3 Å². The molecule has 0 atom stereocenters. The summed E-state index contributed by atoms with van der Waals surface area (Å²) >= 11 is 3.31. The number of Topliss-reactive ketones (excluding diaryl/α,β-unsaturated/α-hetero) is 1. The maximum absolute atomic E-state index is 11.9. The van der Waals surface area contributed by atoms with Crippen LogP contribution in [0.25, 0.3) is 0 Å².